The molecule has 5 heteroatoms. The molecule has 0 spiro atoms. The van der Waals surface area contributed by atoms with Gasteiger partial charge in [-0.1, -0.05) is 69.2 Å². The lowest BCUT2D eigenvalue weighted by Crippen LogP contribution is -2.39. The first-order valence-electron chi connectivity index (χ1n) is 12.1. The molecule has 0 unspecified atom stereocenters. The largest absolute Gasteiger partial charge is 0.380 e. The van der Waals surface area contributed by atoms with E-state index in [-0.39, 0.29) is 27.6 Å². The van der Waals surface area contributed by atoms with Gasteiger partial charge in [0.05, 0.1) is 26.4 Å². The van der Waals surface area contributed by atoms with Gasteiger partial charge >= 0.3 is 0 Å². The zero-order valence-corrected chi connectivity index (χ0v) is 22.4. The van der Waals surface area contributed by atoms with Crippen LogP contribution in [0.5, 0.6) is 0 Å². The van der Waals surface area contributed by atoms with Gasteiger partial charge in [0.2, 0.25) is 5.91 Å². The zero-order chi connectivity index (χ0) is 24.2. The summed E-state index contributed by atoms with van der Waals surface area (Å²) in [5.74, 6) is 0.106. The molecule has 5 nitrogen and oxygen atoms in total. The van der Waals surface area contributed by atoms with Gasteiger partial charge < -0.3 is 19.5 Å². The van der Waals surface area contributed by atoms with Crippen molar-refractivity contribution < 1.29 is 19.0 Å². The Morgan fingerprint density at radius 1 is 0.613 bits per heavy atom. The molecular weight excluding hydrogens is 390 g/mol. The fourth-order valence-electron chi connectivity index (χ4n) is 2.79. The van der Waals surface area contributed by atoms with Gasteiger partial charge in [-0.25, -0.2) is 0 Å². The van der Waals surface area contributed by atoms with Crippen LogP contribution in [0.4, 0.5) is 0 Å². The smallest absolute Gasteiger partial charge is 0.225 e. The molecule has 0 saturated carbocycles. The second-order valence-electron chi connectivity index (χ2n) is 12.7. The number of amides is 1. The van der Waals surface area contributed by atoms with Crippen molar-refractivity contribution in [1.82, 2.24) is 5.32 Å². The van der Waals surface area contributed by atoms with Gasteiger partial charge in [0.25, 0.3) is 0 Å². The number of carbonyl (C=O) groups is 1. The Bertz CT molecular complexity index is 487. The molecule has 0 aliphatic carbocycles. The Balaban J connectivity index is 3.99. The van der Waals surface area contributed by atoms with Crippen molar-refractivity contribution in [3.05, 3.63) is 0 Å². The summed E-state index contributed by atoms with van der Waals surface area (Å²) in [6.45, 7) is 26.3. The average Bonchev–Trinajstić information content (AvgIpc) is 2.60. The lowest BCUT2D eigenvalue weighted by Gasteiger charge is -2.30. The molecule has 0 radical (unpaired) electrons. The molecule has 0 heterocycles. The topological polar surface area (TPSA) is 56.8 Å². The highest BCUT2D eigenvalue weighted by Crippen LogP contribution is 2.33. The number of ether oxygens (including phenoxy) is 3. The first-order valence-corrected chi connectivity index (χ1v) is 12.1. The number of rotatable bonds is 16. The Morgan fingerprint density at radius 2 is 1.16 bits per heavy atom. The van der Waals surface area contributed by atoms with Gasteiger partial charge in [0.15, 0.2) is 0 Å². The Morgan fingerprint density at radius 3 is 1.74 bits per heavy atom. The molecule has 0 rings (SSSR count). The van der Waals surface area contributed by atoms with Gasteiger partial charge in [0.1, 0.15) is 0 Å². The minimum absolute atomic E-state index is 0.106. The van der Waals surface area contributed by atoms with E-state index in [9.17, 15) is 4.79 Å². The van der Waals surface area contributed by atoms with Crippen LogP contribution in [0, 0.1) is 21.7 Å². The summed E-state index contributed by atoms with van der Waals surface area (Å²) < 4.78 is 17.0. The maximum atomic E-state index is 12.6. The van der Waals surface area contributed by atoms with E-state index in [0.717, 1.165) is 45.5 Å². The molecule has 0 saturated heterocycles. The monoisotopic (exact) mass is 443 g/mol. The fraction of sp³-hybridized carbons (Fsp3) is 0.962. The highest BCUT2D eigenvalue weighted by Gasteiger charge is 2.30. The summed E-state index contributed by atoms with van der Waals surface area (Å²) in [5, 5.41) is 3.04. The predicted octanol–water partition coefficient (Wildman–Crippen LogP) is 5.86. The van der Waals surface area contributed by atoms with E-state index >= 15 is 0 Å². The van der Waals surface area contributed by atoms with Crippen molar-refractivity contribution in [1.29, 1.82) is 0 Å². The zero-order valence-electron chi connectivity index (χ0n) is 22.4. The minimum atomic E-state index is -0.385. The van der Waals surface area contributed by atoms with Crippen molar-refractivity contribution in [3.63, 3.8) is 0 Å². The molecule has 0 fully saturated rings. The van der Waals surface area contributed by atoms with E-state index in [2.05, 4.69) is 60.7 Å². The lowest BCUT2D eigenvalue weighted by molar-refractivity contribution is -0.130. The van der Waals surface area contributed by atoms with E-state index in [4.69, 9.17) is 14.2 Å². The maximum absolute atomic E-state index is 12.6. The highest BCUT2D eigenvalue weighted by molar-refractivity contribution is 5.81. The molecule has 31 heavy (non-hydrogen) atoms. The Labute approximate surface area is 193 Å². The lowest BCUT2D eigenvalue weighted by atomic mass is 9.77. The van der Waals surface area contributed by atoms with Crippen LogP contribution in [0.15, 0.2) is 0 Å². The fourth-order valence-corrected chi connectivity index (χ4v) is 2.79. The van der Waals surface area contributed by atoms with Crippen molar-refractivity contribution in [2.45, 2.75) is 94.9 Å². The third-order valence-electron chi connectivity index (χ3n) is 5.40. The van der Waals surface area contributed by atoms with Gasteiger partial charge in [0, 0.05) is 25.2 Å². The van der Waals surface area contributed by atoms with E-state index < -0.39 is 0 Å². The van der Waals surface area contributed by atoms with Crippen LogP contribution in [-0.2, 0) is 19.0 Å². The summed E-state index contributed by atoms with van der Waals surface area (Å²) in [4.78, 5) is 12.6. The number of hydrogen-bond donors (Lipinski definition) is 1. The van der Waals surface area contributed by atoms with Crippen LogP contribution < -0.4 is 5.32 Å². The summed E-state index contributed by atoms with van der Waals surface area (Å²) in [5.41, 5.74) is 0.230. The SMILES string of the molecule is CC(C)(C)CCOCCNC(=O)C(C)(C)CCC(C)(C)CCOCCOCC(C)(C)C. The van der Waals surface area contributed by atoms with Crippen LogP contribution >= 0.6 is 0 Å². The predicted molar refractivity (Wildman–Crippen MR) is 130 cm³/mol. The minimum Gasteiger partial charge on any atom is -0.380 e. The molecule has 0 atom stereocenters. The summed E-state index contributed by atoms with van der Waals surface area (Å²) in [6, 6.07) is 0. The van der Waals surface area contributed by atoms with E-state index in [1.165, 1.54) is 0 Å². The first-order chi connectivity index (χ1) is 14.0. The van der Waals surface area contributed by atoms with Crippen LogP contribution in [0.1, 0.15) is 94.9 Å². The molecule has 1 N–H and O–H groups in total. The number of nitrogens with one attached hydrogen (secondary N) is 1. The van der Waals surface area contributed by atoms with Crippen LogP contribution in [0.25, 0.3) is 0 Å². The van der Waals surface area contributed by atoms with Crippen LogP contribution in [0.2, 0.25) is 0 Å². The molecule has 0 aromatic heterocycles. The molecule has 1 amide bonds. The molecule has 0 aromatic carbocycles. The third kappa shape index (κ3) is 18.6. The Hall–Kier alpha value is -0.650. The molecule has 0 aromatic rings. The van der Waals surface area contributed by atoms with Crippen molar-refractivity contribution in [3.8, 4) is 0 Å². The highest BCUT2D eigenvalue weighted by atomic mass is 16.5. The molecule has 0 bridgehead atoms. The standard InChI is InChI=1S/C26H53NO4/c1-23(2,3)13-16-29-18-15-27-22(28)26(9,10)12-11-25(7,8)14-17-30-19-20-31-21-24(4,5)6/h11-21H2,1-10H3,(H,27,28). The second kappa shape index (κ2) is 13.8. The van der Waals surface area contributed by atoms with Crippen molar-refractivity contribution in [2.75, 3.05) is 46.2 Å². The molecular formula is C26H53NO4. The maximum Gasteiger partial charge on any atom is 0.225 e. The summed E-state index contributed by atoms with van der Waals surface area (Å²) >= 11 is 0. The van der Waals surface area contributed by atoms with Crippen LogP contribution in [-0.4, -0.2) is 52.1 Å². The first kappa shape index (κ1) is 30.4. The van der Waals surface area contributed by atoms with E-state index in [1.807, 2.05) is 13.8 Å². The van der Waals surface area contributed by atoms with Gasteiger partial charge in [-0.3, -0.25) is 4.79 Å². The third-order valence-corrected chi connectivity index (χ3v) is 5.40. The van der Waals surface area contributed by atoms with Crippen LogP contribution in [0.3, 0.4) is 0 Å². The van der Waals surface area contributed by atoms with Gasteiger partial charge in [-0.15, -0.1) is 0 Å². The van der Waals surface area contributed by atoms with Gasteiger partial charge in [-0.05, 0) is 41.9 Å². The van der Waals surface area contributed by atoms with E-state index in [0.29, 0.717) is 26.4 Å². The average molecular weight is 444 g/mol. The number of hydrogen-bond acceptors (Lipinski definition) is 4. The molecule has 186 valence electrons. The van der Waals surface area contributed by atoms with Crippen molar-refractivity contribution in [2.24, 2.45) is 21.7 Å². The van der Waals surface area contributed by atoms with E-state index in [1.54, 1.807) is 0 Å². The normalized spacial score (nSPS) is 13.5. The van der Waals surface area contributed by atoms with Gasteiger partial charge in [-0.2, -0.15) is 0 Å². The summed E-state index contributed by atoms with van der Waals surface area (Å²) in [6.07, 6.45) is 3.84. The molecule has 0 aliphatic heterocycles. The summed E-state index contributed by atoms with van der Waals surface area (Å²) in [7, 11) is 0. The van der Waals surface area contributed by atoms with Crippen molar-refractivity contribution >= 4 is 5.91 Å². The second-order valence-corrected chi connectivity index (χ2v) is 12.7. The number of carbonyl (C=O) groups excluding carboxylic acids is 1. The quantitative estimate of drug-likeness (QED) is 0.304. The Kier molecular flexibility index (Phi) is 13.5. The molecule has 0 aliphatic rings.